The van der Waals surface area contributed by atoms with Gasteiger partial charge in [-0.25, -0.2) is 4.79 Å². The van der Waals surface area contributed by atoms with Crippen molar-refractivity contribution in [2.24, 2.45) is 0 Å². The predicted molar refractivity (Wildman–Crippen MR) is 69.3 cm³/mol. The third-order valence-corrected chi connectivity index (χ3v) is 2.85. The van der Waals surface area contributed by atoms with Crippen molar-refractivity contribution in [2.75, 3.05) is 13.7 Å². The summed E-state index contributed by atoms with van der Waals surface area (Å²) in [5, 5.41) is 11.2. The first-order chi connectivity index (χ1) is 8.52. The van der Waals surface area contributed by atoms with Crippen LogP contribution in [0.5, 0.6) is 0 Å². The molecule has 0 saturated heterocycles. The van der Waals surface area contributed by atoms with Crippen LogP contribution in [0, 0.1) is 0 Å². The van der Waals surface area contributed by atoms with Gasteiger partial charge in [-0.05, 0) is 17.7 Å². The van der Waals surface area contributed by atoms with Crippen LogP contribution in [0.25, 0.3) is 0 Å². The molecule has 1 unspecified atom stereocenters. The molecule has 1 aromatic rings. The molecule has 0 fully saturated rings. The standard InChI is InChI=1S/C12H14BrNO4/c1-18-10(12(16)17)7-14-11(15)6-8-2-4-9(13)5-3-8/h2-5,10H,6-7H2,1H3,(H,14,15)(H,16,17). The van der Waals surface area contributed by atoms with Crippen molar-refractivity contribution in [3.63, 3.8) is 0 Å². The molecule has 0 aromatic heterocycles. The monoisotopic (exact) mass is 315 g/mol. The van der Waals surface area contributed by atoms with Gasteiger partial charge < -0.3 is 15.2 Å². The van der Waals surface area contributed by atoms with Gasteiger partial charge in [-0.1, -0.05) is 28.1 Å². The van der Waals surface area contributed by atoms with Crippen LogP contribution in [0.2, 0.25) is 0 Å². The summed E-state index contributed by atoms with van der Waals surface area (Å²) in [5.41, 5.74) is 0.861. The van der Waals surface area contributed by atoms with Gasteiger partial charge in [0, 0.05) is 11.6 Å². The van der Waals surface area contributed by atoms with Gasteiger partial charge in [0.05, 0.1) is 13.0 Å². The molecule has 0 spiro atoms. The quantitative estimate of drug-likeness (QED) is 0.827. The molecular weight excluding hydrogens is 302 g/mol. The Labute approximate surface area is 113 Å². The lowest BCUT2D eigenvalue weighted by Gasteiger charge is -2.11. The van der Waals surface area contributed by atoms with E-state index in [1.807, 2.05) is 24.3 Å². The van der Waals surface area contributed by atoms with Crippen LogP contribution in [0.1, 0.15) is 5.56 Å². The summed E-state index contributed by atoms with van der Waals surface area (Å²) >= 11 is 3.30. The fourth-order valence-corrected chi connectivity index (χ4v) is 1.59. The number of halogens is 1. The number of carboxylic acids is 1. The number of hydrogen-bond acceptors (Lipinski definition) is 3. The molecule has 1 amide bonds. The summed E-state index contributed by atoms with van der Waals surface area (Å²) in [6, 6.07) is 7.35. The summed E-state index contributed by atoms with van der Waals surface area (Å²) in [5.74, 6) is -1.33. The van der Waals surface area contributed by atoms with E-state index in [2.05, 4.69) is 21.2 Å². The van der Waals surface area contributed by atoms with Gasteiger partial charge in [0.25, 0.3) is 0 Å². The number of aliphatic carboxylic acids is 1. The van der Waals surface area contributed by atoms with Gasteiger partial charge in [0.1, 0.15) is 0 Å². The first kappa shape index (κ1) is 14.7. The zero-order valence-corrected chi connectivity index (χ0v) is 11.4. The van der Waals surface area contributed by atoms with Crippen LogP contribution in [-0.4, -0.2) is 36.7 Å². The predicted octanol–water partition coefficient (Wildman–Crippen LogP) is 1.21. The zero-order chi connectivity index (χ0) is 13.5. The average molecular weight is 316 g/mol. The SMILES string of the molecule is COC(CNC(=O)Cc1ccc(Br)cc1)C(=O)O. The van der Waals surface area contributed by atoms with Crippen molar-refractivity contribution in [1.82, 2.24) is 5.32 Å². The van der Waals surface area contributed by atoms with Gasteiger partial charge >= 0.3 is 5.97 Å². The number of amides is 1. The van der Waals surface area contributed by atoms with Gasteiger partial charge in [0.2, 0.25) is 5.91 Å². The van der Waals surface area contributed by atoms with E-state index in [-0.39, 0.29) is 18.9 Å². The topological polar surface area (TPSA) is 75.6 Å². The van der Waals surface area contributed by atoms with Crippen molar-refractivity contribution in [3.8, 4) is 0 Å². The van der Waals surface area contributed by atoms with Gasteiger partial charge in [-0.15, -0.1) is 0 Å². The fraction of sp³-hybridized carbons (Fsp3) is 0.333. The molecule has 0 bridgehead atoms. The minimum absolute atomic E-state index is 0.0405. The number of methoxy groups -OCH3 is 1. The van der Waals surface area contributed by atoms with E-state index in [9.17, 15) is 9.59 Å². The van der Waals surface area contributed by atoms with E-state index in [1.54, 1.807) is 0 Å². The molecule has 1 rings (SSSR count). The lowest BCUT2D eigenvalue weighted by molar-refractivity contribution is -0.148. The van der Waals surface area contributed by atoms with Gasteiger partial charge in [-0.3, -0.25) is 4.79 Å². The highest BCUT2D eigenvalue weighted by atomic mass is 79.9. The molecule has 6 heteroatoms. The number of nitrogens with one attached hydrogen (secondary N) is 1. The molecule has 2 N–H and O–H groups in total. The Kier molecular flexibility index (Phi) is 5.80. The Balaban J connectivity index is 2.42. The van der Waals surface area contributed by atoms with E-state index >= 15 is 0 Å². The second-order valence-corrected chi connectivity index (χ2v) is 4.59. The smallest absolute Gasteiger partial charge is 0.334 e. The third kappa shape index (κ3) is 4.85. The highest BCUT2D eigenvalue weighted by molar-refractivity contribution is 9.10. The van der Waals surface area contributed by atoms with Crippen molar-refractivity contribution in [3.05, 3.63) is 34.3 Å². The van der Waals surface area contributed by atoms with Crippen LogP contribution in [-0.2, 0) is 20.7 Å². The second kappa shape index (κ2) is 7.13. The highest BCUT2D eigenvalue weighted by Gasteiger charge is 2.16. The van der Waals surface area contributed by atoms with Gasteiger partial charge in [-0.2, -0.15) is 0 Å². The molecule has 1 aromatic carbocycles. The summed E-state index contributed by atoms with van der Waals surface area (Å²) in [7, 11) is 1.29. The maximum atomic E-state index is 11.6. The summed E-state index contributed by atoms with van der Waals surface area (Å²) in [6.45, 7) is -0.0405. The van der Waals surface area contributed by atoms with Crippen molar-refractivity contribution in [2.45, 2.75) is 12.5 Å². The van der Waals surface area contributed by atoms with Crippen molar-refractivity contribution in [1.29, 1.82) is 0 Å². The average Bonchev–Trinajstić information content (AvgIpc) is 2.32. The maximum absolute atomic E-state index is 11.6. The lowest BCUT2D eigenvalue weighted by Crippen LogP contribution is -2.38. The molecule has 1 atom stereocenters. The molecule has 0 aliphatic rings. The Hall–Kier alpha value is -1.40. The lowest BCUT2D eigenvalue weighted by atomic mass is 10.1. The van der Waals surface area contributed by atoms with Crippen LogP contribution in [0.3, 0.4) is 0 Å². The van der Waals surface area contributed by atoms with E-state index < -0.39 is 12.1 Å². The van der Waals surface area contributed by atoms with Crippen molar-refractivity contribution < 1.29 is 19.4 Å². The third-order valence-electron chi connectivity index (χ3n) is 2.32. The molecule has 0 aliphatic heterocycles. The van der Waals surface area contributed by atoms with Crippen LogP contribution in [0.15, 0.2) is 28.7 Å². The normalized spacial score (nSPS) is 11.9. The van der Waals surface area contributed by atoms with E-state index in [0.717, 1.165) is 10.0 Å². The second-order valence-electron chi connectivity index (χ2n) is 3.67. The minimum Gasteiger partial charge on any atom is -0.479 e. The van der Waals surface area contributed by atoms with Crippen LogP contribution >= 0.6 is 15.9 Å². The van der Waals surface area contributed by atoms with Crippen LogP contribution in [0.4, 0.5) is 0 Å². The first-order valence-electron chi connectivity index (χ1n) is 5.29. The Morgan fingerprint density at radius 1 is 1.39 bits per heavy atom. The van der Waals surface area contributed by atoms with Gasteiger partial charge in [0.15, 0.2) is 6.10 Å². The molecule has 0 aliphatic carbocycles. The minimum atomic E-state index is -1.10. The number of hydrogen-bond donors (Lipinski definition) is 2. The Bertz CT molecular complexity index is 419. The molecule has 18 heavy (non-hydrogen) atoms. The molecule has 0 saturated carbocycles. The Morgan fingerprint density at radius 2 is 2.00 bits per heavy atom. The summed E-state index contributed by atoms with van der Waals surface area (Å²) in [4.78, 5) is 22.2. The largest absolute Gasteiger partial charge is 0.479 e. The number of benzene rings is 1. The molecular formula is C12H14BrNO4. The van der Waals surface area contributed by atoms with E-state index in [1.165, 1.54) is 7.11 Å². The number of carboxylic acid groups (broad SMARTS) is 1. The zero-order valence-electron chi connectivity index (χ0n) is 9.85. The summed E-state index contributed by atoms with van der Waals surface area (Å²) < 4.78 is 5.65. The number of ether oxygens (including phenoxy) is 1. The Morgan fingerprint density at radius 3 is 2.50 bits per heavy atom. The number of rotatable bonds is 6. The maximum Gasteiger partial charge on any atom is 0.334 e. The van der Waals surface area contributed by atoms with Crippen LogP contribution < -0.4 is 5.32 Å². The number of carbonyl (C=O) groups excluding carboxylic acids is 1. The molecule has 5 nitrogen and oxygen atoms in total. The number of carbonyl (C=O) groups is 2. The van der Waals surface area contributed by atoms with E-state index in [4.69, 9.17) is 9.84 Å². The van der Waals surface area contributed by atoms with Crippen molar-refractivity contribution >= 4 is 27.8 Å². The first-order valence-corrected chi connectivity index (χ1v) is 6.09. The molecule has 98 valence electrons. The molecule has 0 radical (unpaired) electrons. The highest BCUT2D eigenvalue weighted by Crippen LogP contribution is 2.10. The van der Waals surface area contributed by atoms with E-state index in [0.29, 0.717) is 0 Å². The fourth-order valence-electron chi connectivity index (χ4n) is 1.33. The summed E-state index contributed by atoms with van der Waals surface area (Å²) in [6.07, 6.45) is -0.803. The molecule has 0 heterocycles.